The highest BCUT2D eigenvalue weighted by Crippen LogP contribution is 2.15. The second kappa shape index (κ2) is 8.91. The number of nitrogens with zero attached hydrogens (tertiary/aromatic N) is 3. The van der Waals surface area contributed by atoms with E-state index >= 15 is 0 Å². The van der Waals surface area contributed by atoms with Gasteiger partial charge in [-0.3, -0.25) is 0 Å². The van der Waals surface area contributed by atoms with E-state index in [-0.39, 0.29) is 12.4 Å². The van der Waals surface area contributed by atoms with Crippen molar-refractivity contribution in [1.29, 1.82) is 0 Å². The van der Waals surface area contributed by atoms with Gasteiger partial charge in [-0.05, 0) is 51.4 Å². The summed E-state index contributed by atoms with van der Waals surface area (Å²) in [6, 6.07) is 0. The molecule has 5 nitrogen and oxygen atoms in total. The highest BCUT2D eigenvalue weighted by molar-refractivity contribution is 5.88. The van der Waals surface area contributed by atoms with Gasteiger partial charge in [-0.2, -0.15) is 10.2 Å². The Kier molecular flexibility index (Phi) is 7.48. The normalized spacial score (nSPS) is 20.5. The molecule has 0 bridgehead atoms. The molecule has 0 atom stereocenters. The van der Waals surface area contributed by atoms with Crippen LogP contribution >= 0.6 is 12.4 Å². The van der Waals surface area contributed by atoms with Crippen LogP contribution in [0.4, 0.5) is 0 Å². The number of hydrogen-bond donors (Lipinski definition) is 2. The highest BCUT2D eigenvalue weighted by Gasteiger charge is 2.07. The molecule has 2 aliphatic carbocycles. The Bertz CT molecular complexity index is 346. The number of hydrogen-bond acceptors (Lipinski definition) is 3. The predicted octanol–water partition coefficient (Wildman–Crippen LogP) is 2.95. The minimum atomic E-state index is 0. The molecule has 2 fully saturated rings. The van der Waals surface area contributed by atoms with Crippen molar-refractivity contribution in [2.45, 2.75) is 64.2 Å². The molecule has 3 N–H and O–H groups in total. The third-order valence-corrected chi connectivity index (χ3v) is 3.49. The number of halogens is 1. The minimum Gasteiger partial charge on any atom is -0.367 e. The summed E-state index contributed by atoms with van der Waals surface area (Å²) in [6.45, 7) is 0. The van der Waals surface area contributed by atoms with E-state index in [1.54, 1.807) is 0 Å². The topological polar surface area (TPSA) is 75.1 Å². The molecular formula is C13H24ClN5. The van der Waals surface area contributed by atoms with Gasteiger partial charge in [0, 0.05) is 11.4 Å². The van der Waals surface area contributed by atoms with Gasteiger partial charge >= 0.3 is 0 Å². The minimum absolute atomic E-state index is 0. The zero-order valence-corrected chi connectivity index (χ0v) is 12.2. The number of guanidine groups is 1. The number of nitrogens with two attached hydrogens (primary N) is 1. The van der Waals surface area contributed by atoms with Crippen molar-refractivity contribution in [1.82, 2.24) is 5.43 Å². The van der Waals surface area contributed by atoms with Crippen LogP contribution in [-0.2, 0) is 0 Å². The van der Waals surface area contributed by atoms with Gasteiger partial charge in [0.15, 0.2) is 0 Å². The number of rotatable bonds is 2. The van der Waals surface area contributed by atoms with E-state index in [0.29, 0.717) is 5.96 Å². The van der Waals surface area contributed by atoms with E-state index in [4.69, 9.17) is 5.73 Å². The number of nitrogens with one attached hydrogen (secondary N) is 1. The molecular weight excluding hydrogens is 262 g/mol. The van der Waals surface area contributed by atoms with Crippen molar-refractivity contribution in [3.05, 3.63) is 0 Å². The van der Waals surface area contributed by atoms with Crippen LogP contribution in [0.2, 0.25) is 0 Å². The Balaban J connectivity index is 0.00000180. The summed E-state index contributed by atoms with van der Waals surface area (Å²) >= 11 is 0. The van der Waals surface area contributed by atoms with Crippen molar-refractivity contribution in [3.63, 3.8) is 0 Å². The SMILES string of the molecule is Cl.N/C(=N\N=C1CCCCC1)NN=C1CCCCC1. The monoisotopic (exact) mass is 285 g/mol. The van der Waals surface area contributed by atoms with E-state index < -0.39 is 0 Å². The Morgan fingerprint density at radius 3 is 1.95 bits per heavy atom. The molecule has 2 saturated carbocycles. The standard InChI is InChI=1S/C13H23N5.ClH/c14-13(17-15-11-7-3-1-4-8-11)18-16-12-9-5-2-6-10-12;/h1-10H2,(H3,14,17,18);1H. The first kappa shape index (κ1) is 16.0. The summed E-state index contributed by atoms with van der Waals surface area (Å²) in [7, 11) is 0. The summed E-state index contributed by atoms with van der Waals surface area (Å²) in [5.41, 5.74) is 10.9. The largest absolute Gasteiger partial charge is 0.367 e. The van der Waals surface area contributed by atoms with Crippen LogP contribution in [0.15, 0.2) is 15.3 Å². The molecule has 0 spiro atoms. The fourth-order valence-electron chi connectivity index (χ4n) is 2.41. The van der Waals surface area contributed by atoms with Crippen molar-refractivity contribution in [2.24, 2.45) is 21.0 Å². The zero-order valence-electron chi connectivity index (χ0n) is 11.4. The summed E-state index contributed by atoms with van der Waals surface area (Å²) in [4.78, 5) is 0. The lowest BCUT2D eigenvalue weighted by atomic mass is 9.99. The molecule has 19 heavy (non-hydrogen) atoms. The Hall–Kier alpha value is -1.10. The summed E-state index contributed by atoms with van der Waals surface area (Å²) in [6.07, 6.45) is 11.8. The van der Waals surface area contributed by atoms with Gasteiger partial charge in [0.2, 0.25) is 5.96 Å². The van der Waals surface area contributed by atoms with Gasteiger partial charge in [-0.25, -0.2) is 5.43 Å². The van der Waals surface area contributed by atoms with Crippen LogP contribution < -0.4 is 11.2 Å². The Morgan fingerprint density at radius 2 is 1.37 bits per heavy atom. The van der Waals surface area contributed by atoms with Crippen LogP contribution in [0.25, 0.3) is 0 Å². The van der Waals surface area contributed by atoms with Crippen molar-refractivity contribution >= 4 is 29.8 Å². The van der Waals surface area contributed by atoms with E-state index in [9.17, 15) is 0 Å². The predicted molar refractivity (Wildman–Crippen MR) is 83.0 cm³/mol. The van der Waals surface area contributed by atoms with E-state index in [0.717, 1.165) is 31.4 Å². The molecule has 0 aliphatic heterocycles. The maximum atomic E-state index is 5.73. The molecule has 0 amide bonds. The average molecular weight is 286 g/mol. The molecule has 0 aromatic rings. The van der Waals surface area contributed by atoms with Gasteiger partial charge in [0.25, 0.3) is 0 Å². The molecule has 0 radical (unpaired) electrons. The van der Waals surface area contributed by atoms with Gasteiger partial charge in [0.05, 0.1) is 0 Å². The van der Waals surface area contributed by atoms with E-state index in [1.807, 2.05) is 0 Å². The first-order valence-electron chi connectivity index (χ1n) is 7.05. The molecule has 108 valence electrons. The fraction of sp³-hybridized carbons (Fsp3) is 0.769. The summed E-state index contributed by atoms with van der Waals surface area (Å²) < 4.78 is 0. The lowest BCUT2D eigenvalue weighted by Crippen LogP contribution is -2.28. The van der Waals surface area contributed by atoms with Crippen molar-refractivity contribution in [3.8, 4) is 0 Å². The molecule has 2 rings (SSSR count). The van der Waals surface area contributed by atoms with Crippen LogP contribution in [0.5, 0.6) is 0 Å². The fourth-order valence-corrected chi connectivity index (χ4v) is 2.41. The van der Waals surface area contributed by atoms with Crippen molar-refractivity contribution in [2.75, 3.05) is 0 Å². The smallest absolute Gasteiger partial charge is 0.234 e. The second-order valence-corrected chi connectivity index (χ2v) is 5.06. The average Bonchev–Trinajstić information content (AvgIpc) is 2.45. The maximum Gasteiger partial charge on any atom is 0.234 e. The first-order valence-corrected chi connectivity index (χ1v) is 7.05. The molecule has 0 aromatic carbocycles. The second-order valence-electron chi connectivity index (χ2n) is 5.06. The molecule has 0 aromatic heterocycles. The first-order chi connectivity index (χ1) is 8.84. The lowest BCUT2D eigenvalue weighted by molar-refractivity contribution is 0.660. The molecule has 0 heterocycles. The summed E-state index contributed by atoms with van der Waals surface area (Å²) in [5, 5.41) is 12.5. The third kappa shape index (κ3) is 6.05. The Morgan fingerprint density at radius 1 is 0.842 bits per heavy atom. The van der Waals surface area contributed by atoms with Gasteiger partial charge in [-0.15, -0.1) is 17.5 Å². The van der Waals surface area contributed by atoms with Crippen molar-refractivity contribution < 1.29 is 0 Å². The zero-order chi connectivity index (χ0) is 12.6. The Labute approximate surface area is 121 Å². The lowest BCUT2D eigenvalue weighted by Gasteiger charge is -2.12. The van der Waals surface area contributed by atoms with E-state index in [2.05, 4.69) is 20.7 Å². The van der Waals surface area contributed by atoms with Gasteiger partial charge < -0.3 is 5.73 Å². The molecule has 6 heteroatoms. The summed E-state index contributed by atoms with van der Waals surface area (Å²) in [5.74, 6) is 0.297. The molecule has 2 aliphatic rings. The van der Waals surface area contributed by atoms with Gasteiger partial charge in [0.1, 0.15) is 0 Å². The quantitative estimate of drug-likeness (QED) is 0.465. The van der Waals surface area contributed by atoms with Crippen LogP contribution in [-0.4, -0.2) is 17.4 Å². The van der Waals surface area contributed by atoms with Crippen LogP contribution in [0.3, 0.4) is 0 Å². The van der Waals surface area contributed by atoms with E-state index in [1.165, 1.54) is 44.2 Å². The van der Waals surface area contributed by atoms with Gasteiger partial charge in [-0.1, -0.05) is 12.8 Å². The van der Waals surface area contributed by atoms with Crippen LogP contribution in [0, 0.1) is 0 Å². The van der Waals surface area contributed by atoms with Crippen LogP contribution in [0.1, 0.15) is 64.2 Å². The maximum absolute atomic E-state index is 5.73. The number of hydrazone groups is 1. The molecule has 0 unspecified atom stereocenters. The molecule has 0 saturated heterocycles. The third-order valence-electron chi connectivity index (χ3n) is 3.49. The highest BCUT2D eigenvalue weighted by atomic mass is 35.5.